The van der Waals surface area contributed by atoms with Crippen LogP contribution in [0.4, 0.5) is 0 Å². The molecule has 1 atom stereocenters. The molecule has 0 aromatic carbocycles. The van der Waals surface area contributed by atoms with E-state index >= 15 is 0 Å². The van der Waals surface area contributed by atoms with Crippen LogP contribution in [0.1, 0.15) is 27.7 Å². The SMILES string of the molecule is C/C(=C(/C(N)=O)C(C)C)C(C)(N)O. The Bertz CT molecular complexity index is 236. The lowest BCUT2D eigenvalue weighted by Gasteiger charge is -2.23. The molecule has 0 saturated heterocycles. The molecular weight excluding hydrogens is 168 g/mol. The first-order valence-electron chi connectivity index (χ1n) is 4.20. The molecule has 0 saturated carbocycles. The Balaban J connectivity index is 5.23. The molecule has 4 nitrogen and oxygen atoms in total. The fraction of sp³-hybridized carbons (Fsp3) is 0.667. The number of hydrogen-bond donors (Lipinski definition) is 3. The number of rotatable bonds is 3. The lowest BCUT2D eigenvalue weighted by molar-refractivity contribution is -0.115. The molecule has 0 bridgehead atoms. The average Bonchev–Trinajstić information content (AvgIpc) is 1.82. The molecule has 0 radical (unpaired) electrons. The van der Waals surface area contributed by atoms with Crippen molar-refractivity contribution in [1.82, 2.24) is 0 Å². The van der Waals surface area contributed by atoms with Crippen molar-refractivity contribution in [2.45, 2.75) is 33.4 Å². The third kappa shape index (κ3) is 3.16. The lowest BCUT2D eigenvalue weighted by Crippen LogP contribution is -2.39. The molecule has 0 heterocycles. The number of amides is 1. The first-order valence-corrected chi connectivity index (χ1v) is 4.20. The van der Waals surface area contributed by atoms with Crippen molar-refractivity contribution in [2.75, 3.05) is 0 Å². The first kappa shape index (κ1) is 12.1. The summed E-state index contributed by atoms with van der Waals surface area (Å²) in [6.07, 6.45) is 0. The Morgan fingerprint density at radius 2 is 1.85 bits per heavy atom. The van der Waals surface area contributed by atoms with Crippen molar-refractivity contribution in [2.24, 2.45) is 17.4 Å². The topological polar surface area (TPSA) is 89.3 Å². The maximum absolute atomic E-state index is 11.0. The van der Waals surface area contributed by atoms with Crippen LogP contribution in [0.2, 0.25) is 0 Å². The van der Waals surface area contributed by atoms with Crippen LogP contribution >= 0.6 is 0 Å². The summed E-state index contributed by atoms with van der Waals surface area (Å²) in [5.41, 5.74) is 9.96. The summed E-state index contributed by atoms with van der Waals surface area (Å²) in [6, 6.07) is 0. The Morgan fingerprint density at radius 1 is 1.46 bits per heavy atom. The van der Waals surface area contributed by atoms with E-state index in [2.05, 4.69) is 0 Å². The minimum Gasteiger partial charge on any atom is -0.372 e. The maximum atomic E-state index is 11.0. The smallest absolute Gasteiger partial charge is 0.244 e. The zero-order chi connectivity index (χ0) is 10.8. The molecule has 1 unspecified atom stereocenters. The van der Waals surface area contributed by atoms with Crippen molar-refractivity contribution in [1.29, 1.82) is 0 Å². The van der Waals surface area contributed by atoms with E-state index in [9.17, 15) is 9.90 Å². The van der Waals surface area contributed by atoms with Gasteiger partial charge < -0.3 is 16.6 Å². The van der Waals surface area contributed by atoms with Crippen molar-refractivity contribution in [3.63, 3.8) is 0 Å². The zero-order valence-electron chi connectivity index (χ0n) is 8.59. The van der Waals surface area contributed by atoms with Crippen molar-refractivity contribution in [3.05, 3.63) is 11.1 Å². The number of carbonyl (C=O) groups excluding carboxylic acids is 1. The summed E-state index contributed by atoms with van der Waals surface area (Å²) in [7, 11) is 0. The molecule has 0 aliphatic rings. The molecule has 0 fully saturated rings. The summed E-state index contributed by atoms with van der Waals surface area (Å²) in [5.74, 6) is -0.564. The van der Waals surface area contributed by atoms with Gasteiger partial charge in [0, 0.05) is 5.57 Å². The van der Waals surface area contributed by atoms with Crippen molar-refractivity contribution in [3.8, 4) is 0 Å². The Kier molecular flexibility index (Phi) is 3.63. The van der Waals surface area contributed by atoms with Gasteiger partial charge in [-0.15, -0.1) is 0 Å². The summed E-state index contributed by atoms with van der Waals surface area (Å²) >= 11 is 0. The van der Waals surface area contributed by atoms with Gasteiger partial charge in [0.1, 0.15) is 5.72 Å². The van der Waals surface area contributed by atoms with Gasteiger partial charge in [0.2, 0.25) is 5.91 Å². The highest BCUT2D eigenvalue weighted by atomic mass is 16.3. The fourth-order valence-corrected chi connectivity index (χ4v) is 1.17. The van der Waals surface area contributed by atoms with E-state index in [4.69, 9.17) is 11.5 Å². The van der Waals surface area contributed by atoms with E-state index in [1.807, 2.05) is 13.8 Å². The third-order valence-electron chi connectivity index (χ3n) is 2.01. The monoisotopic (exact) mass is 186 g/mol. The summed E-state index contributed by atoms with van der Waals surface area (Å²) in [5, 5.41) is 9.47. The van der Waals surface area contributed by atoms with Gasteiger partial charge >= 0.3 is 0 Å². The van der Waals surface area contributed by atoms with Gasteiger partial charge in [-0.3, -0.25) is 4.79 Å². The van der Waals surface area contributed by atoms with Gasteiger partial charge in [-0.25, -0.2) is 0 Å². The van der Waals surface area contributed by atoms with Crippen LogP contribution in [0.5, 0.6) is 0 Å². The second kappa shape index (κ2) is 3.89. The number of carbonyl (C=O) groups is 1. The quantitative estimate of drug-likeness (QED) is 0.431. The van der Waals surface area contributed by atoms with Crippen LogP contribution in [0.15, 0.2) is 11.1 Å². The highest BCUT2D eigenvalue weighted by Gasteiger charge is 2.24. The fourth-order valence-electron chi connectivity index (χ4n) is 1.17. The van der Waals surface area contributed by atoms with E-state index in [0.29, 0.717) is 11.1 Å². The molecule has 0 aromatic heterocycles. The van der Waals surface area contributed by atoms with Gasteiger partial charge in [0.25, 0.3) is 0 Å². The summed E-state index contributed by atoms with van der Waals surface area (Å²) < 4.78 is 0. The lowest BCUT2D eigenvalue weighted by atomic mass is 9.92. The third-order valence-corrected chi connectivity index (χ3v) is 2.01. The van der Waals surface area contributed by atoms with Gasteiger partial charge in [-0.05, 0) is 25.3 Å². The van der Waals surface area contributed by atoms with Crippen LogP contribution in [0.3, 0.4) is 0 Å². The highest BCUT2D eigenvalue weighted by Crippen LogP contribution is 2.20. The van der Waals surface area contributed by atoms with Crippen LogP contribution in [0.25, 0.3) is 0 Å². The molecule has 0 rings (SSSR count). The van der Waals surface area contributed by atoms with E-state index in [0.717, 1.165) is 0 Å². The molecule has 1 amide bonds. The summed E-state index contributed by atoms with van der Waals surface area (Å²) in [4.78, 5) is 11.0. The second-order valence-electron chi connectivity index (χ2n) is 3.71. The van der Waals surface area contributed by atoms with Crippen LogP contribution in [0, 0.1) is 5.92 Å². The predicted molar refractivity (Wildman–Crippen MR) is 51.5 cm³/mol. The number of nitrogens with two attached hydrogens (primary N) is 2. The van der Waals surface area contributed by atoms with Gasteiger partial charge in [-0.1, -0.05) is 13.8 Å². The number of aliphatic hydroxyl groups is 1. The molecule has 13 heavy (non-hydrogen) atoms. The molecule has 0 aliphatic heterocycles. The Morgan fingerprint density at radius 3 is 1.92 bits per heavy atom. The average molecular weight is 186 g/mol. The van der Waals surface area contributed by atoms with Crippen molar-refractivity contribution < 1.29 is 9.90 Å². The van der Waals surface area contributed by atoms with E-state index in [1.165, 1.54) is 6.92 Å². The molecular formula is C9H18N2O2. The number of primary amides is 1. The van der Waals surface area contributed by atoms with Gasteiger partial charge in [-0.2, -0.15) is 0 Å². The Hall–Kier alpha value is -0.870. The molecule has 5 N–H and O–H groups in total. The van der Waals surface area contributed by atoms with E-state index in [-0.39, 0.29) is 5.92 Å². The molecule has 76 valence electrons. The molecule has 0 aliphatic carbocycles. The minimum absolute atomic E-state index is 0.0347. The highest BCUT2D eigenvalue weighted by molar-refractivity contribution is 5.93. The normalized spacial score (nSPS) is 18.1. The van der Waals surface area contributed by atoms with E-state index < -0.39 is 11.6 Å². The van der Waals surface area contributed by atoms with Gasteiger partial charge in [0.15, 0.2) is 0 Å². The summed E-state index contributed by atoms with van der Waals surface area (Å²) in [6.45, 7) is 6.69. The van der Waals surface area contributed by atoms with Crippen LogP contribution in [-0.4, -0.2) is 16.7 Å². The van der Waals surface area contributed by atoms with Crippen LogP contribution < -0.4 is 11.5 Å². The Labute approximate surface area is 78.6 Å². The second-order valence-corrected chi connectivity index (χ2v) is 3.71. The molecule has 4 heteroatoms. The van der Waals surface area contributed by atoms with E-state index in [1.54, 1.807) is 6.92 Å². The number of hydrogen-bond acceptors (Lipinski definition) is 3. The van der Waals surface area contributed by atoms with Gasteiger partial charge in [0.05, 0.1) is 0 Å². The predicted octanol–water partition coefficient (Wildman–Crippen LogP) is 0.111. The zero-order valence-corrected chi connectivity index (χ0v) is 8.59. The standard InChI is InChI=1S/C9H18N2O2/c1-5(2)7(8(10)12)6(3)9(4,11)13/h5,13H,11H2,1-4H3,(H2,10,12)/b7-6-. The maximum Gasteiger partial charge on any atom is 0.244 e. The molecule has 0 spiro atoms. The van der Waals surface area contributed by atoms with Crippen molar-refractivity contribution >= 4 is 5.91 Å². The molecule has 0 aromatic rings. The first-order chi connectivity index (χ1) is 5.68. The largest absolute Gasteiger partial charge is 0.372 e. The van der Waals surface area contributed by atoms with Crippen LogP contribution in [-0.2, 0) is 4.79 Å². The minimum atomic E-state index is -1.48.